The number of nitrogens with zero attached hydrogens (tertiary/aromatic N) is 2. The smallest absolute Gasteiger partial charge is 0.134 e. The Morgan fingerprint density at radius 3 is 3.00 bits per heavy atom. The van der Waals surface area contributed by atoms with Crippen molar-refractivity contribution < 1.29 is 4.74 Å². The van der Waals surface area contributed by atoms with Crippen molar-refractivity contribution in [2.24, 2.45) is 5.73 Å². The monoisotopic (exact) mass is 255 g/mol. The first-order valence-electron chi connectivity index (χ1n) is 6.26. The van der Waals surface area contributed by atoms with Gasteiger partial charge < -0.3 is 15.0 Å². The second-order valence-electron chi connectivity index (χ2n) is 4.00. The summed E-state index contributed by atoms with van der Waals surface area (Å²) in [6, 6.07) is 7.75. The Bertz CT molecular complexity index is 552. The predicted molar refractivity (Wildman–Crippen MR) is 74.7 cm³/mol. The number of hydrogen-bond donors (Lipinski definition) is 1. The first kappa shape index (κ1) is 13.2. The van der Waals surface area contributed by atoms with E-state index in [1.807, 2.05) is 35.0 Å². The van der Waals surface area contributed by atoms with Gasteiger partial charge in [0.1, 0.15) is 5.75 Å². The summed E-state index contributed by atoms with van der Waals surface area (Å²) in [6.45, 7) is 1.91. The van der Waals surface area contributed by atoms with Crippen molar-refractivity contribution >= 4 is 0 Å². The average Bonchev–Trinajstić information content (AvgIpc) is 2.95. The molecule has 0 saturated heterocycles. The van der Waals surface area contributed by atoms with Crippen molar-refractivity contribution in [1.82, 2.24) is 9.55 Å². The predicted octanol–water partition coefficient (Wildman–Crippen LogP) is 1.66. The van der Waals surface area contributed by atoms with Gasteiger partial charge in [-0.25, -0.2) is 4.98 Å². The number of aromatic nitrogens is 2. The van der Waals surface area contributed by atoms with Crippen LogP contribution in [-0.2, 0) is 6.54 Å². The second kappa shape index (κ2) is 7.24. The van der Waals surface area contributed by atoms with Crippen molar-refractivity contribution in [1.29, 1.82) is 0 Å². The van der Waals surface area contributed by atoms with Crippen LogP contribution in [-0.4, -0.2) is 22.7 Å². The van der Waals surface area contributed by atoms with Gasteiger partial charge in [-0.2, -0.15) is 0 Å². The van der Waals surface area contributed by atoms with Gasteiger partial charge >= 0.3 is 0 Å². The lowest BCUT2D eigenvalue weighted by Crippen LogP contribution is -2.04. The molecule has 0 spiro atoms. The van der Waals surface area contributed by atoms with E-state index in [1.165, 1.54) is 0 Å². The van der Waals surface area contributed by atoms with Gasteiger partial charge in [0.25, 0.3) is 0 Å². The molecule has 0 radical (unpaired) electrons. The van der Waals surface area contributed by atoms with Crippen molar-refractivity contribution in [2.75, 3.05) is 13.2 Å². The van der Waals surface area contributed by atoms with Gasteiger partial charge in [0.15, 0.2) is 0 Å². The first-order chi connectivity index (χ1) is 9.40. The summed E-state index contributed by atoms with van der Waals surface area (Å²) in [4.78, 5) is 4.00. The summed E-state index contributed by atoms with van der Waals surface area (Å²) >= 11 is 0. The fraction of sp³-hybridized carbons (Fsp3) is 0.267. The largest absolute Gasteiger partial charge is 0.492 e. The molecule has 98 valence electrons. The quantitative estimate of drug-likeness (QED) is 0.653. The van der Waals surface area contributed by atoms with Gasteiger partial charge in [0.2, 0.25) is 0 Å². The molecule has 0 fully saturated rings. The molecular formula is C15H17N3O. The van der Waals surface area contributed by atoms with Gasteiger partial charge in [-0.1, -0.05) is 24.0 Å². The maximum atomic E-state index is 5.76. The molecule has 4 nitrogen and oxygen atoms in total. The van der Waals surface area contributed by atoms with E-state index in [4.69, 9.17) is 10.5 Å². The van der Waals surface area contributed by atoms with Crippen LogP contribution >= 0.6 is 0 Å². The minimum Gasteiger partial charge on any atom is -0.492 e. The van der Waals surface area contributed by atoms with E-state index in [0.29, 0.717) is 13.2 Å². The Morgan fingerprint density at radius 2 is 2.21 bits per heavy atom. The topological polar surface area (TPSA) is 53.1 Å². The van der Waals surface area contributed by atoms with E-state index < -0.39 is 0 Å². The zero-order valence-corrected chi connectivity index (χ0v) is 10.7. The van der Waals surface area contributed by atoms with Gasteiger partial charge in [-0.15, -0.1) is 0 Å². The maximum Gasteiger partial charge on any atom is 0.134 e. The molecule has 4 heteroatoms. The molecule has 2 aromatic rings. The second-order valence-corrected chi connectivity index (χ2v) is 4.00. The minimum absolute atomic E-state index is 0.356. The van der Waals surface area contributed by atoms with Gasteiger partial charge in [-0.05, 0) is 18.6 Å². The molecule has 0 aliphatic rings. The maximum absolute atomic E-state index is 5.76. The molecule has 0 amide bonds. The summed E-state index contributed by atoms with van der Waals surface area (Å²) in [5, 5.41) is 0. The number of para-hydroxylation sites is 1. The Labute approximate surface area is 113 Å². The highest BCUT2D eigenvalue weighted by Crippen LogP contribution is 2.16. The SMILES string of the molecule is NCC#Cc1ccccc1OCCCn1ccnc1. The van der Waals surface area contributed by atoms with Crippen LogP contribution < -0.4 is 10.5 Å². The number of aryl methyl sites for hydroxylation is 1. The molecule has 1 aromatic carbocycles. The summed E-state index contributed by atoms with van der Waals surface area (Å²) in [7, 11) is 0. The fourth-order valence-corrected chi connectivity index (χ4v) is 1.69. The normalized spacial score (nSPS) is 9.74. The summed E-state index contributed by atoms with van der Waals surface area (Å²) < 4.78 is 7.79. The number of rotatable bonds is 5. The van der Waals surface area contributed by atoms with Gasteiger partial charge in [0, 0.05) is 18.9 Å². The summed E-state index contributed by atoms with van der Waals surface area (Å²) in [6.07, 6.45) is 6.45. The van der Waals surface area contributed by atoms with Crippen LogP contribution in [0.4, 0.5) is 0 Å². The third-order valence-electron chi connectivity index (χ3n) is 2.59. The number of hydrogen-bond acceptors (Lipinski definition) is 3. The average molecular weight is 255 g/mol. The van der Waals surface area contributed by atoms with Gasteiger partial charge in [0.05, 0.1) is 25.0 Å². The van der Waals surface area contributed by atoms with Gasteiger partial charge in [-0.3, -0.25) is 0 Å². The lowest BCUT2D eigenvalue weighted by atomic mass is 10.2. The van der Waals surface area contributed by atoms with Crippen LogP contribution in [0.5, 0.6) is 5.75 Å². The molecule has 1 aromatic heterocycles. The number of imidazole rings is 1. The number of benzene rings is 1. The number of ether oxygens (including phenoxy) is 1. The van der Waals surface area contributed by atoms with Crippen molar-refractivity contribution in [3.05, 3.63) is 48.5 Å². The molecule has 19 heavy (non-hydrogen) atoms. The van der Waals surface area contributed by atoms with Crippen molar-refractivity contribution in [3.63, 3.8) is 0 Å². The molecule has 0 bridgehead atoms. The Balaban J connectivity index is 1.85. The molecule has 0 aliphatic carbocycles. The lowest BCUT2D eigenvalue weighted by molar-refractivity contribution is 0.301. The third kappa shape index (κ3) is 4.16. The molecule has 0 saturated carbocycles. The van der Waals surface area contributed by atoms with E-state index in [-0.39, 0.29) is 0 Å². The molecule has 0 aliphatic heterocycles. The van der Waals surface area contributed by atoms with E-state index in [2.05, 4.69) is 16.8 Å². The highest BCUT2D eigenvalue weighted by molar-refractivity contribution is 5.45. The van der Waals surface area contributed by atoms with Crippen LogP contribution in [0, 0.1) is 11.8 Å². The van der Waals surface area contributed by atoms with E-state index >= 15 is 0 Å². The van der Waals surface area contributed by atoms with Crippen LogP contribution in [0.1, 0.15) is 12.0 Å². The van der Waals surface area contributed by atoms with E-state index in [0.717, 1.165) is 24.3 Å². The molecule has 2 N–H and O–H groups in total. The first-order valence-corrected chi connectivity index (χ1v) is 6.26. The van der Waals surface area contributed by atoms with Crippen LogP contribution in [0.3, 0.4) is 0 Å². The lowest BCUT2D eigenvalue weighted by Gasteiger charge is -2.08. The van der Waals surface area contributed by atoms with Crippen molar-refractivity contribution in [2.45, 2.75) is 13.0 Å². The van der Waals surface area contributed by atoms with E-state index in [1.54, 1.807) is 12.5 Å². The Morgan fingerprint density at radius 1 is 1.32 bits per heavy atom. The zero-order valence-electron chi connectivity index (χ0n) is 10.7. The van der Waals surface area contributed by atoms with Crippen LogP contribution in [0.15, 0.2) is 43.0 Å². The number of nitrogens with two attached hydrogens (primary N) is 1. The molecule has 1 heterocycles. The summed E-state index contributed by atoms with van der Waals surface area (Å²) in [5.74, 6) is 6.67. The minimum atomic E-state index is 0.356. The van der Waals surface area contributed by atoms with Crippen LogP contribution in [0.25, 0.3) is 0 Å². The third-order valence-corrected chi connectivity index (χ3v) is 2.59. The molecule has 0 atom stereocenters. The highest BCUT2D eigenvalue weighted by Gasteiger charge is 1.99. The van der Waals surface area contributed by atoms with E-state index in [9.17, 15) is 0 Å². The Hall–Kier alpha value is -2.25. The van der Waals surface area contributed by atoms with Crippen LogP contribution in [0.2, 0.25) is 0 Å². The Kier molecular flexibility index (Phi) is 5.03. The summed E-state index contributed by atoms with van der Waals surface area (Å²) in [5.41, 5.74) is 6.26. The fourth-order valence-electron chi connectivity index (χ4n) is 1.69. The van der Waals surface area contributed by atoms with Crippen molar-refractivity contribution in [3.8, 4) is 17.6 Å². The highest BCUT2D eigenvalue weighted by atomic mass is 16.5. The zero-order chi connectivity index (χ0) is 13.3. The standard InChI is InChI=1S/C15H17N3O/c16-8-3-6-14-5-1-2-7-15(14)19-12-4-10-18-11-9-17-13-18/h1-2,5,7,9,11,13H,4,8,10,12,16H2. The molecule has 2 rings (SSSR count). The molecular weight excluding hydrogens is 238 g/mol. The molecule has 0 unspecified atom stereocenters.